The standard InChI is InChI=1S/C11H19BrN4/c1-4-8(3)6-16(5-2)11-9(12)10(13)14-7-15-11/h7-8H,4-6H2,1-3H3,(H2,13,14,15). The predicted molar refractivity (Wildman–Crippen MR) is 71.5 cm³/mol. The number of nitrogens with zero attached hydrogens (tertiary/aromatic N) is 3. The van der Waals surface area contributed by atoms with Crippen LogP contribution in [0.2, 0.25) is 0 Å². The highest BCUT2D eigenvalue weighted by molar-refractivity contribution is 9.10. The first-order valence-electron chi connectivity index (χ1n) is 5.61. The highest BCUT2D eigenvalue weighted by Gasteiger charge is 2.14. The lowest BCUT2D eigenvalue weighted by Gasteiger charge is -2.26. The Kier molecular flexibility index (Phi) is 4.99. The van der Waals surface area contributed by atoms with E-state index in [-0.39, 0.29) is 0 Å². The molecule has 0 spiro atoms. The van der Waals surface area contributed by atoms with Gasteiger partial charge in [0, 0.05) is 13.1 Å². The molecule has 0 aromatic carbocycles. The van der Waals surface area contributed by atoms with Crippen LogP contribution in [0.3, 0.4) is 0 Å². The minimum atomic E-state index is 0.493. The quantitative estimate of drug-likeness (QED) is 0.904. The molecule has 0 bridgehead atoms. The molecule has 0 fully saturated rings. The lowest BCUT2D eigenvalue weighted by molar-refractivity contribution is 0.545. The van der Waals surface area contributed by atoms with E-state index in [1.807, 2.05) is 0 Å². The van der Waals surface area contributed by atoms with Gasteiger partial charge in [0.25, 0.3) is 0 Å². The normalized spacial score (nSPS) is 12.5. The Labute approximate surface area is 105 Å². The summed E-state index contributed by atoms with van der Waals surface area (Å²) in [5, 5.41) is 0. The smallest absolute Gasteiger partial charge is 0.148 e. The highest BCUT2D eigenvalue weighted by atomic mass is 79.9. The number of nitrogen functional groups attached to an aromatic ring is 1. The fourth-order valence-corrected chi connectivity index (χ4v) is 1.92. The maximum atomic E-state index is 5.75. The molecule has 0 radical (unpaired) electrons. The first-order chi connectivity index (χ1) is 7.60. The van der Waals surface area contributed by atoms with Crippen LogP contribution in [0.5, 0.6) is 0 Å². The van der Waals surface area contributed by atoms with E-state index in [1.165, 1.54) is 6.33 Å². The summed E-state index contributed by atoms with van der Waals surface area (Å²) in [4.78, 5) is 10.5. The minimum absolute atomic E-state index is 0.493. The molecule has 5 heteroatoms. The second kappa shape index (κ2) is 6.03. The molecule has 0 saturated carbocycles. The van der Waals surface area contributed by atoms with E-state index < -0.39 is 0 Å². The van der Waals surface area contributed by atoms with Gasteiger partial charge in [-0.3, -0.25) is 0 Å². The largest absolute Gasteiger partial charge is 0.383 e. The number of anilines is 2. The maximum absolute atomic E-state index is 5.75. The zero-order valence-corrected chi connectivity index (χ0v) is 11.7. The zero-order chi connectivity index (χ0) is 12.1. The molecule has 0 aliphatic rings. The molecular formula is C11H19BrN4. The second-order valence-electron chi connectivity index (χ2n) is 3.95. The monoisotopic (exact) mass is 286 g/mol. The molecular weight excluding hydrogens is 268 g/mol. The highest BCUT2D eigenvalue weighted by Crippen LogP contribution is 2.27. The van der Waals surface area contributed by atoms with Crippen LogP contribution in [0, 0.1) is 5.92 Å². The van der Waals surface area contributed by atoms with Crippen molar-refractivity contribution in [2.45, 2.75) is 27.2 Å². The molecule has 1 aromatic heterocycles. The first kappa shape index (κ1) is 13.2. The molecule has 4 nitrogen and oxygen atoms in total. The summed E-state index contributed by atoms with van der Waals surface area (Å²) in [6.07, 6.45) is 2.67. The van der Waals surface area contributed by atoms with Gasteiger partial charge in [-0.25, -0.2) is 9.97 Å². The van der Waals surface area contributed by atoms with E-state index in [2.05, 4.69) is 51.6 Å². The summed E-state index contributed by atoms with van der Waals surface area (Å²) in [6.45, 7) is 8.46. The van der Waals surface area contributed by atoms with Gasteiger partial charge < -0.3 is 10.6 Å². The topological polar surface area (TPSA) is 55.0 Å². The molecule has 0 aliphatic heterocycles. The number of rotatable bonds is 5. The van der Waals surface area contributed by atoms with Gasteiger partial charge in [0.1, 0.15) is 22.4 Å². The Morgan fingerprint density at radius 1 is 1.44 bits per heavy atom. The molecule has 0 aliphatic carbocycles. The summed E-state index contributed by atoms with van der Waals surface area (Å²) >= 11 is 3.44. The van der Waals surface area contributed by atoms with Crippen LogP contribution in [-0.2, 0) is 0 Å². The predicted octanol–water partition coefficient (Wildman–Crippen LogP) is 2.69. The van der Waals surface area contributed by atoms with Crippen LogP contribution in [0.15, 0.2) is 10.8 Å². The van der Waals surface area contributed by atoms with Crippen molar-refractivity contribution in [2.75, 3.05) is 23.7 Å². The lowest BCUT2D eigenvalue weighted by atomic mass is 10.1. The van der Waals surface area contributed by atoms with Crippen molar-refractivity contribution in [2.24, 2.45) is 5.92 Å². The van der Waals surface area contributed by atoms with E-state index in [0.29, 0.717) is 11.7 Å². The average molecular weight is 287 g/mol. The lowest BCUT2D eigenvalue weighted by Crippen LogP contribution is -2.29. The molecule has 1 rings (SSSR count). The van der Waals surface area contributed by atoms with Crippen molar-refractivity contribution in [1.29, 1.82) is 0 Å². The summed E-state index contributed by atoms with van der Waals surface area (Å²) in [7, 11) is 0. The van der Waals surface area contributed by atoms with Gasteiger partial charge in [-0.1, -0.05) is 20.3 Å². The molecule has 1 unspecified atom stereocenters. The zero-order valence-electron chi connectivity index (χ0n) is 10.1. The number of aromatic nitrogens is 2. The fraction of sp³-hybridized carbons (Fsp3) is 0.636. The maximum Gasteiger partial charge on any atom is 0.148 e. The van der Waals surface area contributed by atoms with Gasteiger partial charge in [-0.2, -0.15) is 0 Å². The van der Waals surface area contributed by atoms with E-state index in [1.54, 1.807) is 0 Å². The van der Waals surface area contributed by atoms with E-state index in [4.69, 9.17) is 5.73 Å². The van der Waals surface area contributed by atoms with Crippen molar-refractivity contribution in [3.05, 3.63) is 10.8 Å². The van der Waals surface area contributed by atoms with Gasteiger partial charge in [0.2, 0.25) is 0 Å². The molecule has 90 valence electrons. The number of nitrogens with two attached hydrogens (primary N) is 1. The summed E-state index contributed by atoms with van der Waals surface area (Å²) in [6, 6.07) is 0. The third-order valence-electron chi connectivity index (χ3n) is 2.71. The summed E-state index contributed by atoms with van der Waals surface area (Å²) < 4.78 is 0.792. The van der Waals surface area contributed by atoms with Crippen LogP contribution in [0.1, 0.15) is 27.2 Å². The molecule has 16 heavy (non-hydrogen) atoms. The number of halogens is 1. The van der Waals surface area contributed by atoms with E-state index in [9.17, 15) is 0 Å². The third kappa shape index (κ3) is 3.07. The van der Waals surface area contributed by atoms with Crippen molar-refractivity contribution in [1.82, 2.24) is 9.97 Å². The molecule has 1 heterocycles. The van der Waals surface area contributed by atoms with Crippen molar-refractivity contribution < 1.29 is 0 Å². The van der Waals surface area contributed by atoms with Crippen LogP contribution >= 0.6 is 15.9 Å². The van der Waals surface area contributed by atoms with Gasteiger partial charge >= 0.3 is 0 Å². The van der Waals surface area contributed by atoms with Gasteiger partial charge in [0.05, 0.1) is 0 Å². The molecule has 1 atom stereocenters. The molecule has 2 N–H and O–H groups in total. The van der Waals surface area contributed by atoms with Crippen molar-refractivity contribution in [3.8, 4) is 0 Å². The Morgan fingerprint density at radius 3 is 2.69 bits per heavy atom. The Balaban J connectivity index is 2.90. The molecule has 0 saturated heterocycles. The van der Waals surface area contributed by atoms with E-state index in [0.717, 1.165) is 29.8 Å². The number of hydrogen-bond acceptors (Lipinski definition) is 4. The van der Waals surface area contributed by atoms with Crippen molar-refractivity contribution in [3.63, 3.8) is 0 Å². The average Bonchev–Trinajstić information content (AvgIpc) is 2.29. The first-order valence-corrected chi connectivity index (χ1v) is 6.40. The Hall–Kier alpha value is -0.840. The fourth-order valence-electron chi connectivity index (χ4n) is 1.46. The van der Waals surface area contributed by atoms with Crippen molar-refractivity contribution >= 4 is 27.6 Å². The Bertz CT molecular complexity index is 343. The van der Waals surface area contributed by atoms with Gasteiger partial charge in [0.15, 0.2) is 0 Å². The van der Waals surface area contributed by atoms with Gasteiger partial charge in [-0.15, -0.1) is 0 Å². The van der Waals surface area contributed by atoms with Crippen LogP contribution in [0.25, 0.3) is 0 Å². The summed E-state index contributed by atoms with van der Waals surface area (Å²) in [5.74, 6) is 2.02. The molecule has 0 amide bonds. The Morgan fingerprint density at radius 2 is 2.12 bits per heavy atom. The third-order valence-corrected chi connectivity index (χ3v) is 3.47. The van der Waals surface area contributed by atoms with Crippen LogP contribution in [0.4, 0.5) is 11.6 Å². The summed E-state index contributed by atoms with van der Waals surface area (Å²) in [5.41, 5.74) is 5.75. The van der Waals surface area contributed by atoms with Crippen LogP contribution in [-0.4, -0.2) is 23.1 Å². The molecule has 1 aromatic rings. The van der Waals surface area contributed by atoms with Gasteiger partial charge in [-0.05, 0) is 28.8 Å². The second-order valence-corrected chi connectivity index (χ2v) is 4.74. The SMILES string of the molecule is CCC(C)CN(CC)c1ncnc(N)c1Br. The van der Waals surface area contributed by atoms with E-state index >= 15 is 0 Å². The van der Waals surface area contributed by atoms with Crippen LogP contribution < -0.4 is 10.6 Å². The number of hydrogen-bond donors (Lipinski definition) is 1. The minimum Gasteiger partial charge on any atom is -0.383 e.